The minimum absolute atomic E-state index is 0.234. The molecule has 1 saturated carbocycles. The molecule has 17 heavy (non-hydrogen) atoms. The summed E-state index contributed by atoms with van der Waals surface area (Å²) in [4.78, 5) is 22.4. The zero-order valence-corrected chi connectivity index (χ0v) is 9.25. The highest BCUT2D eigenvalue weighted by molar-refractivity contribution is 5.87. The molecule has 5 nitrogen and oxygen atoms in total. The van der Waals surface area contributed by atoms with Gasteiger partial charge in [0.25, 0.3) is 0 Å². The molecule has 0 amide bonds. The number of hydrogen-bond donors (Lipinski definition) is 0. The highest BCUT2D eigenvalue weighted by Gasteiger charge is 2.84. The molecule has 0 saturated heterocycles. The molecule has 0 spiro atoms. The third kappa shape index (κ3) is 1.01. The number of methoxy groups -OCH3 is 1. The number of ether oxygens (including phenoxy) is 1. The van der Waals surface area contributed by atoms with E-state index in [2.05, 4.69) is 4.74 Å². The molecule has 0 radical (unpaired) electrons. The van der Waals surface area contributed by atoms with Crippen molar-refractivity contribution in [2.24, 2.45) is 5.92 Å². The number of esters is 1. The Bertz CT molecular complexity index is 527. The number of fused-ring (bicyclic) bond motifs is 3. The number of carbonyl (C=O) groups excluding carboxylic acids is 1. The predicted octanol–water partition coefficient (Wildman–Crippen LogP) is 1.14. The second kappa shape index (κ2) is 3.06. The van der Waals surface area contributed by atoms with Gasteiger partial charge in [-0.2, -0.15) is 0 Å². The lowest BCUT2D eigenvalue weighted by Crippen LogP contribution is -2.38. The first-order valence-corrected chi connectivity index (χ1v) is 5.44. The number of nitrogens with zero attached hydrogens (tertiary/aromatic N) is 1. The van der Waals surface area contributed by atoms with Gasteiger partial charge in [0, 0.05) is 4.92 Å². The number of hydrogen-bond acceptors (Lipinski definition) is 4. The molecule has 5 heteroatoms. The van der Waals surface area contributed by atoms with Crippen LogP contribution in [0.5, 0.6) is 0 Å². The maximum Gasteiger partial charge on any atom is 0.385 e. The van der Waals surface area contributed by atoms with Gasteiger partial charge in [-0.05, 0) is 17.5 Å². The van der Waals surface area contributed by atoms with Gasteiger partial charge in [-0.1, -0.05) is 24.3 Å². The molecule has 0 aliphatic heterocycles. The fourth-order valence-electron chi connectivity index (χ4n) is 3.20. The molecule has 1 fully saturated rings. The van der Waals surface area contributed by atoms with Crippen molar-refractivity contribution in [2.75, 3.05) is 7.11 Å². The standard InChI is InChI=1S/C12H11NO4/c1-17-11(14)12(13(15)16)9-6-7-4-2-3-5-8(7)10(9)12/h2-5,9-10H,6H2,1H3/t9-,10+,12+/m0/s1. The van der Waals surface area contributed by atoms with Gasteiger partial charge in [0.1, 0.15) is 0 Å². The highest BCUT2D eigenvalue weighted by atomic mass is 16.6. The summed E-state index contributed by atoms with van der Waals surface area (Å²) in [6, 6.07) is 7.59. The highest BCUT2D eigenvalue weighted by Crippen LogP contribution is 2.66. The van der Waals surface area contributed by atoms with Crippen LogP contribution >= 0.6 is 0 Å². The molecule has 1 aromatic carbocycles. The Morgan fingerprint density at radius 2 is 2.24 bits per heavy atom. The van der Waals surface area contributed by atoms with E-state index in [9.17, 15) is 14.9 Å². The summed E-state index contributed by atoms with van der Waals surface area (Å²) < 4.78 is 4.61. The molecule has 0 bridgehead atoms. The van der Waals surface area contributed by atoms with E-state index in [1.807, 2.05) is 24.3 Å². The average molecular weight is 233 g/mol. The van der Waals surface area contributed by atoms with Crippen LogP contribution in [0.25, 0.3) is 0 Å². The number of benzene rings is 1. The first kappa shape index (κ1) is 10.3. The van der Waals surface area contributed by atoms with E-state index in [0.29, 0.717) is 6.42 Å². The third-order valence-corrected chi connectivity index (χ3v) is 3.98. The quantitative estimate of drug-likeness (QED) is 0.436. The number of rotatable bonds is 2. The van der Waals surface area contributed by atoms with Crippen molar-refractivity contribution >= 4 is 5.97 Å². The molecule has 0 heterocycles. The summed E-state index contributed by atoms with van der Waals surface area (Å²) in [5.74, 6) is -1.25. The Hall–Kier alpha value is -1.91. The zero-order valence-electron chi connectivity index (χ0n) is 9.25. The Labute approximate surface area is 97.5 Å². The van der Waals surface area contributed by atoms with Crippen molar-refractivity contribution in [2.45, 2.75) is 17.9 Å². The Balaban J connectivity index is 2.06. The maximum absolute atomic E-state index is 11.7. The largest absolute Gasteiger partial charge is 0.464 e. The van der Waals surface area contributed by atoms with Gasteiger partial charge >= 0.3 is 11.5 Å². The molecule has 3 atom stereocenters. The topological polar surface area (TPSA) is 69.4 Å². The first-order valence-electron chi connectivity index (χ1n) is 5.44. The van der Waals surface area contributed by atoms with Gasteiger partial charge in [0.15, 0.2) is 0 Å². The van der Waals surface area contributed by atoms with Crippen LogP contribution in [0.4, 0.5) is 0 Å². The molecule has 3 rings (SSSR count). The molecule has 0 unspecified atom stereocenters. The van der Waals surface area contributed by atoms with Crippen molar-refractivity contribution in [3.63, 3.8) is 0 Å². The minimum Gasteiger partial charge on any atom is -0.464 e. The van der Waals surface area contributed by atoms with E-state index >= 15 is 0 Å². The van der Waals surface area contributed by atoms with Gasteiger partial charge in [-0.25, -0.2) is 4.79 Å². The Kier molecular flexibility index (Phi) is 1.85. The van der Waals surface area contributed by atoms with Gasteiger partial charge in [0.2, 0.25) is 0 Å². The molecule has 1 aromatic rings. The second-order valence-corrected chi connectivity index (χ2v) is 4.56. The smallest absolute Gasteiger partial charge is 0.385 e. The van der Waals surface area contributed by atoms with Crippen LogP contribution in [0, 0.1) is 16.0 Å². The molecule has 0 aromatic heterocycles. The lowest BCUT2D eigenvalue weighted by atomic mass is 9.98. The normalized spacial score (nSPS) is 32.5. The maximum atomic E-state index is 11.7. The van der Waals surface area contributed by atoms with Crippen molar-refractivity contribution in [1.29, 1.82) is 0 Å². The van der Waals surface area contributed by atoms with Crippen LogP contribution in [0.1, 0.15) is 17.0 Å². The van der Waals surface area contributed by atoms with Crippen molar-refractivity contribution in [1.82, 2.24) is 0 Å². The molecule has 0 N–H and O–H groups in total. The summed E-state index contributed by atoms with van der Waals surface area (Å²) >= 11 is 0. The zero-order chi connectivity index (χ0) is 12.2. The molecule has 2 aliphatic carbocycles. The van der Waals surface area contributed by atoms with Crippen LogP contribution in [0.15, 0.2) is 24.3 Å². The molecule has 88 valence electrons. The van der Waals surface area contributed by atoms with E-state index < -0.39 is 16.4 Å². The minimum atomic E-state index is -1.52. The number of nitro groups is 1. The van der Waals surface area contributed by atoms with Gasteiger partial charge in [0.05, 0.1) is 18.9 Å². The summed E-state index contributed by atoms with van der Waals surface area (Å²) in [5.41, 5.74) is 0.520. The summed E-state index contributed by atoms with van der Waals surface area (Å²) in [5, 5.41) is 11.2. The van der Waals surface area contributed by atoms with Gasteiger partial charge in [-0.15, -0.1) is 0 Å². The van der Waals surface area contributed by atoms with Crippen molar-refractivity contribution in [3.8, 4) is 0 Å². The van der Waals surface area contributed by atoms with Gasteiger partial charge < -0.3 is 4.74 Å². The SMILES string of the molecule is COC(=O)[C@]1([N+](=O)[O-])[C@@H]2c3ccccc3C[C@@H]21. The Morgan fingerprint density at radius 3 is 2.88 bits per heavy atom. The summed E-state index contributed by atoms with van der Waals surface area (Å²) in [6.45, 7) is 0. The molecular weight excluding hydrogens is 222 g/mol. The van der Waals surface area contributed by atoms with Crippen LogP contribution in [-0.4, -0.2) is 23.5 Å². The Morgan fingerprint density at radius 1 is 1.53 bits per heavy atom. The van der Waals surface area contributed by atoms with E-state index in [0.717, 1.165) is 11.1 Å². The lowest BCUT2D eigenvalue weighted by Gasteiger charge is -2.12. The first-order chi connectivity index (χ1) is 8.14. The average Bonchev–Trinajstić information content (AvgIpc) is 2.84. The van der Waals surface area contributed by atoms with E-state index in [-0.39, 0.29) is 11.8 Å². The van der Waals surface area contributed by atoms with E-state index in [1.165, 1.54) is 7.11 Å². The van der Waals surface area contributed by atoms with E-state index in [1.54, 1.807) is 0 Å². The monoisotopic (exact) mass is 233 g/mol. The predicted molar refractivity (Wildman–Crippen MR) is 58.1 cm³/mol. The second-order valence-electron chi connectivity index (χ2n) is 4.56. The summed E-state index contributed by atoms with van der Waals surface area (Å²) in [6.07, 6.45) is 0.594. The summed E-state index contributed by atoms with van der Waals surface area (Å²) in [7, 11) is 1.20. The van der Waals surface area contributed by atoms with Crippen LogP contribution in [0.2, 0.25) is 0 Å². The number of carbonyl (C=O) groups is 1. The van der Waals surface area contributed by atoms with Crippen LogP contribution < -0.4 is 0 Å². The van der Waals surface area contributed by atoms with Crippen LogP contribution in [0.3, 0.4) is 0 Å². The fourth-order valence-corrected chi connectivity index (χ4v) is 3.20. The van der Waals surface area contributed by atoms with Crippen LogP contribution in [-0.2, 0) is 16.0 Å². The lowest BCUT2D eigenvalue weighted by molar-refractivity contribution is -0.530. The van der Waals surface area contributed by atoms with E-state index in [4.69, 9.17) is 0 Å². The third-order valence-electron chi connectivity index (χ3n) is 3.98. The van der Waals surface area contributed by atoms with Crippen molar-refractivity contribution < 1.29 is 14.5 Å². The molecular formula is C12H11NO4. The van der Waals surface area contributed by atoms with Crippen molar-refractivity contribution in [3.05, 3.63) is 45.5 Å². The molecule has 2 aliphatic rings. The van der Waals surface area contributed by atoms with Gasteiger partial charge in [-0.3, -0.25) is 10.1 Å². The fraction of sp³-hybridized carbons (Fsp3) is 0.417.